The van der Waals surface area contributed by atoms with Crippen LogP contribution >= 0.6 is 0 Å². The summed E-state index contributed by atoms with van der Waals surface area (Å²) in [6, 6.07) is -1.76. The summed E-state index contributed by atoms with van der Waals surface area (Å²) >= 11 is 0. The van der Waals surface area contributed by atoms with Crippen LogP contribution in [0.5, 0.6) is 0 Å². The number of methoxy groups -OCH3 is 3. The zero-order valence-electron chi connectivity index (χ0n) is 27.5. The van der Waals surface area contributed by atoms with Gasteiger partial charge in [0.05, 0.1) is 79.3 Å². The number of alkyl halides is 17. The molecule has 0 unspecified atom stereocenters. The summed E-state index contributed by atoms with van der Waals surface area (Å²) < 4.78 is 280. The lowest BCUT2D eigenvalue weighted by Crippen LogP contribution is -2.74. The van der Waals surface area contributed by atoms with Gasteiger partial charge >= 0.3 is 56.4 Å². The average Bonchev–Trinajstić information content (AvgIpc) is 3.03. The van der Waals surface area contributed by atoms with E-state index in [1.807, 2.05) is 0 Å². The van der Waals surface area contributed by atoms with Gasteiger partial charge in [0.15, 0.2) is 0 Å². The van der Waals surface area contributed by atoms with E-state index in [9.17, 15) is 74.6 Å². The van der Waals surface area contributed by atoms with Crippen LogP contribution in [0, 0.1) is 0 Å². The zero-order chi connectivity index (χ0) is 40.8. The van der Waals surface area contributed by atoms with Gasteiger partial charge in [-0.3, -0.25) is 0 Å². The molecule has 0 N–H and O–H groups in total. The Bertz CT molecular complexity index is 965. The molecule has 0 heterocycles. The van der Waals surface area contributed by atoms with Gasteiger partial charge in [-0.2, -0.15) is 74.6 Å². The molecule has 0 aliphatic heterocycles. The summed E-state index contributed by atoms with van der Waals surface area (Å²) in [7, 11) is -1.14. The van der Waals surface area contributed by atoms with Crippen LogP contribution in [0.25, 0.3) is 0 Å². The monoisotopic (exact) mass is 832 g/mol. The van der Waals surface area contributed by atoms with Gasteiger partial charge in [0, 0.05) is 33.8 Å². The van der Waals surface area contributed by atoms with Crippen LogP contribution in [-0.4, -0.2) is 157 Å². The van der Waals surface area contributed by atoms with Crippen molar-refractivity contribution in [2.75, 3.05) is 101 Å². The SMILES string of the molecule is COCCOCCO[Si](CCC(F)(F)C(F)(F)C(F)(F)C(F)(F)C(F)(F)C(F)(F)C(F)(F)C(F)(F)F)(OCCOCCOC)OCCOCCOC. The van der Waals surface area contributed by atoms with E-state index in [1.165, 1.54) is 21.3 Å². The van der Waals surface area contributed by atoms with Crippen LogP contribution < -0.4 is 0 Å². The molecule has 0 aromatic rings. The highest BCUT2D eigenvalue weighted by Crippen LogP contribution is 2.64. The Labute approximate surface area is 286 Å². The van der Waals surface area contributed by atoms with E-state index in [0.717, 1.165) is 0 Å². The van der Waals surface area contributed by atoms with Gasteiger partial charge in [-0.25, -0.2) is 0 Å². The highest BCUT2D eigenvalue weighted by Gasteiger charge is 2.95. The molecule has 0 fully saturated rings. The van der Waals surface area contributed by atoms with Crippen LogP contribution in [0.1, 0.15) is 6.42 Å². The second kappa shape index (κ2) is 20.5. The van der Waals surface area contributed by atoms with Crippen molar-refractivity contribution in [1.29, 1.82) is 0 Å². The maximum atomic E-state index is 14.9. The number of rotatable bonds is 30. The predicted octanol–water partition coefficient (Wildman–Crippen LogP) is 6.36. The van der Waals surface area contributed by atoms with Crippen LogP contribution in [0.4, 0.5) is 74.6 Å². The van der Waals surface area contributed by atoms with Crippen molar-refractivity contribution in [3.8, 4) is 0 Å². The first-order valence-electron chi connectivity index (χ1n) is 14.5. The quantitative estimate of drug-likeness (QED) is 0.0467. The number of hydrogen-bond acceptors (Lipinski definition) is 9. The van der Waals surface area contributed by atoms with Gasteiger partial charge in [0.2, 0.25) is 0 Å². The zero-order valence-corrected chi connectivity index (χ0v) is 28.5. The van der Waals surface area contributed by atoms with Crippen molar-refractivity contribution in [3.05, 3.63) is 0 Å². The lowest BCUT2D eigenvalue weighted by Gasteiger charge is -2.43. The molecule has 0 aliphatic rings. The molecule has 0 saturated heterocycles. The van der Waals surface area contributed by atoms with Crippen LogP contribution in [-0.2, 0) is 41.7 Å². The van der Waals surface area contributed by atoms with E-state index in [-0.39, 0.29) is 39.6 Å². The summed E-state index contributed by atoms with van der Waals surface area (Å²) in [6.45, 7) is -3.56. The molecule has 0 atom stereocenters. The Balaban J connectivity index is 6.61. The summed E-state index contributed by atoms with van der Waals surface area (Å²) in [5.74, 6) is -57.3. The standard InChI is InChI=1S/C25H37F17O9Si/c1-43-5-8-46-11-14-49-52(50-15-12-47-9-6-44-2,51-16-13-48-10-7-45-3)17-4-18(26,27)19(28,29)20(30,31)21(32,33)22(34,35)23(36,37)24(38,39)25(40,41)42/h4-17H2,1-3H3. The largest absolute Gasteiger partial charge is 0.501 e. The number of halogens is 17. The highest BCUT2D eigenvalue weighted by molar-refractivity contribution is 6.60. The van der Waals surface area contributed by atoms with Crippen LogP contribution in [0.15, 0.2) is 0 Å². The van der Waals surface area contributed by atoms with Gasteiger partial charge in [-0.1, -0.05) is 0 Å². The second-order valence-electron chi connectivity index (χ2n) is 10.2. The van der Waals surface area contributed by atoms with Crippen molar-refractivity contribution in [2.24, 2.45) is 0 Å². The van der Waals surface area contributed by atoms with Crippen molar-refractivity contribution in [1.82, 2.24) is 0 Å². The molecule has 0 aliphatic carbocycles. The molecule has 0 saturated carbocycles. The minimum absolute atomic E-state index is 0.0200. The second-order valence-corrected chi connectivity index (χ2v) is 12.9. The fraction of sp³-hybridized carbons (Fsp3) is 1.00. The molecular weight excluding hydrogens is 795 g/mol. The number of ether oxygens (including phenoxy) is 6. The Morgan fingerprint density at radius 3 is 0.904 bits per heavy atom. The van der Waals surface area contributed by atoms with Gasteiger partial charge in [-0.15, -0.1) is 0 Å². The third kappa shape index (κ3) is 12.1. The minimum atomic E-state index is -8.73. The lowest BCUT2D eigenvalue weighted by molar-refractivity contribution is -0.461. The molecule has 52 heavy (non-hydrogen) atoms. The molecule has 27 heteroatoms. The maximum Gasteiger partial charge on any atom is 0.501 e. The van der Waals surface area contributed by atoms with E-state index in [2.05, 4.69) is 0 Å². The van der Waals surface area contributed by atoms with Gasteiger partial charge < -0.3 is 41.7 Å². The highest BCUT2D eigenvalue weighted by atomic mass is 28.4. The summed E-state index contributed by atoms with van der Waals surface area (Å²) in [4.78, 5) is 0. The van der Waals surface area contributed by atoms with E-state index < -0.39 is 109 Å². The van der Waals surface area contributed by atoms with Crippen molar-refractivity contribution in [2.45, 2.75) is 60.1 Å². The summed E-state index contributed by atoms with van der Waals surface area (Å²) in [5.41, 5.74) is 0. The third-order valence-electron chi connectivity index (χ3n) is 6.48. The van der Waals surface area contributed by atoms with E-state index in [4.69, 9.17) is 41.7 Å². The van der Waals surface area contributed by atoms with Crippen molar-refractivity contribution in [3.63, 3.8) is 0 Å². The van der Waals surface area contributed by atoms with Gasteiger partial charge in [-0.05, 0) is 0 Å². The lowest BCUT2D eigenvalue weighted by atomic mass is 9.88. The average molecular weight is 833 g/mol. The Kier molecular flexibility index (Phi) is 20.0. The van der Waals surface area contributed by atoms with Crippen LogP contribution in [0.3, 0.4) is 0 Å². The predicted molar refractivity (Wildman–Crippen MR) is 142 cm³/mol. The molecule has 0 amide bonds. The third-order valence-corrected chi connectivity index (χ3v) is 9.27. The Morgan fingerprint density at radius 2 is 0.615 bits per heavy atom. The molecule has 9 nitrogen and oxygen atoms in total. The van der Waals surface area contributed by atoms with E-state index in [0.29, 0.717) is 0 Å². The minimum Gasteiger partial charge on any atom is -0.382 e. The maximum absolute atomic E-state index is 14.9. The fourth-order valence-electron chi connectivity index (χ4n) is 3.51. The molecule has 0 radical (unpaired) electrons. The molecule has 314 valence electrons. The van der Waals surface area contributed by atoms with Crippen molar-refractivity contribution >= 4 is 8.80 Å². The molecular formula is C25H37F17O9Si. The van der Waals surface area contributed by atoms with Gasteiger partial charge in [0.1, 0.15) is 0 Å². The molecule has 0 rings (SSSR count). The van der Waals surface area contributed by atoms with E-state index >= 15 is 0 Å². The molecule has 0 aromatic carbocycles. The molecule has 0 spiro atoms. The summed E-state index contributed by atoms with van der Waals surface area (Å²) in [6.07, 6.45) is -10.7. The van der Waals surface area contributed by atoms with E-state index in [1.54, 1.807) is 0 Å². The topological polar surface area (TPSA) is 83.1 Å². The number of hydrogen-bond donors (Lipinski definition) is 0. The summed E-state index contributed by atoms with van der Waals surface area (Å²) in [5, 5.41) is 0. The molecule has 0 bridgehead atoms. The first-order chi connectivity index (χ1) is 23.6. The fourth-order valence-corrected chi connectivity index (χ4v) is 5.99. The Morgan fingerprint density at radius 1 is 0.346 bits per heavy atom. The smallest absolute Gasteiger partial charge is 0.382 e. The normalized spacial score (nSPS) is 14.8. The molecule has 0 aromatic heterocycles. The van der Waals surface area contributed by atoms with Crippen molar-refractivity contribution < 1.29 is 116 Å². The first kappa shape index (κ1) is 50.7. The first-order valence-corrected chi connectivity index (χ1v) is 16.4. The van der Waals surface area contributed by atoms with Gasteiger partial charge in [0.25, 0.3) is 0 Å². The Hall–Kier alpha value is -1.33. The van der Waals surface area contributed by atoms with Crippen LogP contribution in [0.2, 0.25) is 6.04 Å².